The highest BCUT2D eigenvalue weighted by molar-refractivity contribution is 6.19. The summed E-state index contributed by atoms with van der Waals surface area (Å²) >= 11 is 0. The second kappa shape index (κ2) is 8.53. The molecule has 0 N–H and O–H groups in total. The zero-order valence-electron chi connectivity index (χ0n) is 20.9. The second-order valence-electron chi connectivity index (χ2n) is 9.45. The quantitative estimate of drug-likeness (QED) is 0.248. The number of anilines is 2. The summed E-state index contributed by atoms with van der Waals surface area (Å²) in [5, 5.41) is 12.9. The fourth-order valence-corrected chi connectivity index (χ4v) is 5.60. The van der Waals surface area contributed by atoms with Crippen molar-refractivity contribution in [3.05, 3.63) is 134 Å². The molecule has 0 radical (unpaired) electrons. The van der Waals surface area contributed by atoms with Crippen molar-refractivity contribution < 1.29 is 0 Å². The van der Waals surface area contributed by atoms with E-state index in [9.17, 15) is 0 Å². The smallest absolute Gasteiger partial charge is 0.140 e. The highest BCUT2D eigenvalue weighted by atomic mass is 15.6. The van der Waals surface area contributed by atoms with Crippen LogP contribution in [0.3, 0.4) is 0 Å². The number of hydrogen-bond acceptors (Lipinski definition) is 4. The van der Waals surface area contributed by atoms with Gasteiger partial charge in [0.05, 0.1) is 22.4 Å². The van der Waals surface area contributed by atoms with E-state index in [4.69, 9.17) is 15.2 Å². The van der Waals surface area contributed by atoms with E-state index in [1.54, 1.807) is 0 Å². The van der Waals surface area contributed by atoms with E-state index in [1.165, 1.54) is 0 Å². The number of nitrogens with zero attached hydrogens (tertiary/aromatic N) is 6. The molecule has 0 unspecified atom stereocenters. The van der Waals surface area contributed by atoms with Crippen molar-refractivity contribution in [2.45, 2.75) is 0 Å². The fraction of sp³-hybridized carbons (Fsp3) is 0. The van der Waals surface area contributed by atoms with E-state index in [1.807, 2.05) is 30.5 Å². The monoisotopic (exact) mass is 502 g/mol. The summed E-state index contributed by atoms with van der Waals surface area (Å²) in [6, 6.07) is 43.8. The average Bonchev–Trinajstić information content (AvgIpc) is 3.52. The summed E-state index contributed by atoms with van der Waals surface area (Å²) in [4.78, 5) is 4.76. The maximum atomic E-state index is 4.83. The van der Waals surface area contributed by atoms with Crippen molar-refractivity contribution >= 4 is 55.4 Å². The molecule has 0 saturated heterocycles. The first kappa shape index (κ1) is 21.6. The van der Waals surface area contributed by atoms with Crippen LogP contribution in [0.15, 0.2) is 134 Å². The summed E-state index contributed by atoms with van der Waals surface area (Å²) in [6.45, 7) is 0. The molecule has 6 heteroatoms. The van der Waals surface area contributed by atoms with Crippen LogP contribution in [-0.2, 0) is 0 Å². The van der Waals surface area contributed by atoms with Gasteiger partial charge in [0, 0.05) is 17.3 Å². The van der Waals surface area contributed by atoms with Gasteiger partial charge < -0.3 is 4.57 Å². The molecule has 0 bridgehead atoms. The number of fused-ring (bicyclic) bond motifs is 7. The highest BCUT2D eigenvalue weighted by Crippen LogP contribution is 2.40. The van der Waals surface area contributed by atoms with Crippen LogP contribution in [0.1, 0.15) is 0 Å². The van der Waals surface area contributed by atoms with Gasteiger partial charge in [-0.3, -0.25) is 4.98 Å². The van der Waals surface area contributed by atoms with Gasteiger partial charge in [-0.05, 0) is 54.6 Å². The first-order valence-electron chi connectivity index (χ1n) is 12.9. The molecule has 0 aliphatic heterocycles. The molecular formula is C33H22N6. The molecular weight excluding hydrogens is 480 g/mol. The van der Waals surface area contributed by atoms with Crippen LogP contribution in [0.4, 0.5) is 11.4 Å². The third-order valence-corrected chi connectivity index (χ3v) is 7.21. The Labute approximate surface area is 224 Å². The van der Waals surface area contributed by atoms with Gasteiger partial charge in [0.1, 0.15) is 27.6 Å². The Morgan fingerprint density at radius 1 is 0.487 bits per heavy atom. The molecule has 4 heterocycles. The molecule has 4 aromatic carbocycles. The number of pyridine rings is 1. The molecule has 0 amide bonds. The van der Waals surface area contributed by atoms with Crippen molar-refractivity contribution in [1.29, 1.82) is 0 Å². The number of rotatable bonds is 4. The van der Waals surface area contributed by atoms with Crippen LogP contribution in [0.5, 0.6) is 0 Å². The maximum Gasteiger partial charge on any atom is 0.140 e. The van der Waals surface area contributed by atoms with Gasteiger partial charge in [-0.25, -0.2) is 9.69 Å². The number of hydrogen-bond donors (Lipinski definition) is 0. The van der Waals surface area contributed by atoms with Crippen molar-refractivity contribution in [2.75, 3.05) is 5.01 Å². The molecule has 8 rings (SSSR count). The Morgan fingerprint density at radius 2 is 1.08 bits per heavy atom. The van der Waals surface area contributed by atoms with Crippen molar-refractivity contribution in [3.63, 3.8) is 0 Å². The molecule has 0 aliphatic carbocycles. The Bertz CT molecular complexity index is 2070. The minimum Gasteiger partial charge on any atom is -0.304 e. The predicted octanol–water partition coefficient (Wildman–Crippen LogP) is 7.68. The standard InChI is InChI=1S/C33H22N6/c1-4-13-23(14-5-1)37-28-21-12-22-34-30(28)31-32(37)33-29(35-36-31)26-19-10-11-20-27(26)39(33)38(24-15-6-2-7-16-24)25-17-8-3-9-18-25/h1-22H. The number of para-hydroxylation sites is 4. The lowest BCUT2D eigenvalue weighted by atomic mass is 10.2. The Kier molecular flexibility index (Phi) is 4.72. The summed E-state index contributed by atoms with van der Waals surface area (Å²) in [5.74, 6) is 0. The molecule has 8 aromatic rings. The molecule has 0 saturated carbocycles. The van der Waals surface area contributed by atoms with E-state index in [-0.39, 0.29) is 0 Å². The molecule has 0 spiro atoms. The minimum absolute atomic E-state index is 0.770. The molecule has 0 atom stereocenters. The SMILES string of the molecule is c1ccc(N(c2ccccc2)n2c3ccccc3c3nnc4c5ncccc5n(-c5ccccc5)c4c32)cc1. The largest absolute Gasteiger partial charge is 0.304 e. The maximum absolute atomic E-state index is 4.83. The summed E-state index contributed by atoms with van der Waals surface area (Å²) in [7, 11) is 0. The van der Waals surface area contributed by atoms with Crippen LogP contribution < -0.4 is 5.01 Å². The average molecular weight is 503 g/mol. The van der Waals surface area contributed by atoms with Crippen LogP contribution in [0.2, 0.25) is 0 Å². The van der Waals surface area contributed by atoms with Crippen molar-refractivity contribution in [2.24, 2.45) is 0 Å². The lowest BCUT2D eigenvalue weighted by Gasteiger charge is -2.28. The van der Waals surface area contributed by atoms with Crippen LogP contribution in [0.25, 0.3) is 49.7 Å². The summed E-state index contributed by atoms with van der Waals surface area (Å²) in [6.07, 6.45) is 1.82. The van der Waals surface area contributed by atoms with Gasteiger partial charge in [0.15, 0.2) is 0 Å². The Balaban J connectivity index is 1.63. The van der Waals surface area contributed by atoms with Gasteiger partial charge >= 0.3 is 0 Å². The molecule has 6 nitrogen and oxygen atoms in total. The zero-order chi connectivity index (χ0) is 25.8. The van der Waals surface area contributed by atoms with Gasteiger partial charge in [0.2, 0.25) is 0 Å². The van der Waals surface area contributed by atoms with Gasteiger partial charge in [0.25, 0.3) is 0 Å². The number of aromatic nitrogens is 5. The summed E-state index contributed by atoms with van der Waals surface area (Å²) in [5.41, 5.74) is 9.53. The van der Waals surface area contributed by atoms with Crippen molar-refractivity contribution in [3.8, 4) is 5.69 Å². The Morgan fingerprint density at radius 3 is 1.79 bits per heavy atom. The van der Waals surface area contributed by atoms with E-state index in [0.29, 0.717) is 0 Å². The van der Waals surface area contributed by atoms with Gasteiger partial charge in [-0.15, -0.1) is 10.2 Å². The third kappa shape index (κ3) is 3.18. The van der Waals surface area contributed by atoms with Gasteiger partial charge in [-0.2, -0.15) is 0 Å². The lowest BCUT2D eigenvalue weighted by Crippen LogP contribution is -2.24. The van der Waals surface area contributed by atoms with E-state index >= 15 is 0 Å². The summed E-state index contributed by atoms with van der Waals surface area (Å²) < 4.78 is 4.54. The van der Waals surface area contributed by atoms with E-state index in [0.717, 1.165) is 61.1 Å². The molecule has 0 fully saturated rings. The zero-order valence-corrected chi connectivity index (χ0v) is 20.9. The third-order valence-electron chi connectivity index (χ3n) is 7.21. The second-order valence-corrected chi connectivity index (χ2v) is 9.45. The lowest BCUT2D eigenvalue weighted by molar-refractivity contribution is 0.884. The topological polar surface area (TPSA) is 51.8 Å². The molecule has 0 aliphatic rings. The molecule has 184 valence electrons. The Hall–Kier alpha value is -5.49. The van der Waals surface area contributed by atoms with E-state index < -0.39 is 0 Å². The molecule has 4 aromatic heterocycles. The van der Waals surface area contributed by atoms with E-state index in [2.05, 4.69) is 117 Å². The predicted molar refractivity (Wildman–Crippen MR) is 158 cm³/mol. The first-order valence-corrected chi connectivity index (χ1v) is 12.9. The van der Waals surface area contributed by atoms with Crippen molar-refractivity contribution in [1.82, 2.24) is 24.4 Å². The number of benzene rings is 4. The normalized spacial score (nSPS) is 11.6. The minimum atomic E-state index is 0.770. The molecule has 39 heavy (non-hydrogen) atoms. The van der Waals surface area contributed by atoms with Gasteiger partial charge in [-0.1, -0.05) is 72.8 Å². The highest BCUT2D eigenvalue weighted by Gasteiger charge is 2.26. The van der Waals surface area contributed by atoms with Crippen LogP contribution in [-0.4, -0.2) is 24.4 Å². The fourth-order valence-electron chi connectivity index (χ4n) is 5.60. The first-order chi connectivity index (χ1) is 19.4. The van der Waals surface area contributed by atoms with Crippen LogP contribution >= 0.6 is 0 Å². The van der Waals surface area contributed by atoms with Crippen LogP contribution in [0, 0.1) is 0 Å².